The molecule has 1 fully saturated rings. The largest absolute Gasteiger partial charge is 0.376 e. The van der Waals surface area contributed by atoms with Gasteiger partial charge in [0.2, 0.25) is 5.91 Å². The fourth-order valence-electron chi connectivity index (χ4n) is 3.96. The van der Waals surface area contributed by atoms with Crippen LogP contribution in [-0.2, 0) is 34.5 Å². The number of aromatic nitrogens is 2. The summed E-state index contributed by atoms with van der Waals surface area (Å²) in [6.45, 7) is 2.76. The maximum atomic E-state index is 12.9. The third-order valence-corrected chi connectivity index (χ3v) is 6.34. The first kappa shape index (κ1) is 15.8. The van der Waals surface area contributed by atoms with Crippen molar-refractivity contribution in [3.63, 3.8) is 0 Å². The number of carbonyl (C=O) groups is 1. The number of nitrogens with zero attached hydrogens (tertiary/aromatic N) is 2. The van der Waals surface area contributed by atoms with Crippen LogP contribution in [0.1, 0.15) is 41.8 Å². The standard InChI is InChI=1S/C18H23N3O2S/c22-17(18(6-1-2-7-18)16-4-3-11-24-16)19-8-9-21-15-5-10-23-13-14(15)12-20-21/h3-4,11-12H,1-2,5-10,13H2,(H,19,22). The quantitative estimate of drug-likeness (QED) is 0.906. The van der Waals surface area contributed by atoms with Crippen LogP contribution in [0, 0.1) is 0 Å². The van der Waals surface area contributed by atoms with Crippen molar-refractivity contribution in [3.05, 3.63) is 39.8 Å². The van der Waals surface area contributed by atoms with Crippen LogP contribution in [0.25, 0.3) is 0 Å². The lowest BCUT2D eigenvalue weighted by Gasteiger charge is -2.26. The van der Waals surface area contributed by atoms with E-state index in [0.717, 1.165) is 45.3 Å². The van der Waals surface area contributed by atoms with Crippen molar-refractivity contribution in [2.24, 2.45) is 0 Å². The number of hydrogen-bond donors (Lipinski definition) is 1. The van der Waals surface area contributed by atoms with Crippen LogP contribution in [0.3, 0.4) is 0 Å². The van der Waals surface area contributed by atoms with E-state index >= 15 is 0 Å². The number of ether oxygens (including phenoxy) is 1. The van der Waals surface area contributed by atoms with Crippen molar-refractivity contribution >= 4 is 17.2 Å². The highest BCUT2D eigenvalue weighted by molar-refractivity contribution is 7.10. The molecule has 5 nitrogen and oxygen atoms in total. The maximum Gasteiger partial charge on any atom is 0.231 e. The molecule has 1 aliphatic carbocycles. The third-order valence-electron chi connectivity index (χ3n) is 5.27. The molecule has 3 heterocycles. The zero-order valence-electron chi connectivity index (χ0n) is 13.8. The second-order valence-corrected chi connectivity index (χ2v) is 7.61. The Morgan fingerprint density at radius 1 is 1.42 bits per heavy atom. The van der Waals surface area contributed by atoms with Crippen molar-refractivity contribution in [1.82, 2.24) is 15.1 Å². The molecule has 0 saturated heterocycles. The van der Waals surface area contributed by atoms with Crippen molar-refractivity contribution < 1.29 is 9.53 Å². The number of carbonyl (C=O) groups excluding carboxylic acids is 1. The third kappa shape index (κ3) is 2.78. The summed E-state index contributed by atoms with van der Waals surface area (Å²) in [6, 6.07) is 4.16. The molecule has 1 aliphatic heterocycles. The smallest absolute Gasteiger partial charge is 0.231 e. The van der Waals surface area contributed by atoms with Gasteiger partial charge in [-0.15, -0.1) is 11.3 Å². The van der Waals surface area contributed by atoms with Crippen molar-refractivity contribution in [3.8, 4) is 0 Å². The molecule has 1 amide bonds. The number of thiophene rings is 1. The highest BCUT2D eigenvalue weighted by atomic mass is 32.1. The summed E-state index contributed by atoms with van der Waals surface area (Å²) in [4.78, 5) is 14.1. The lowest BCUT2D eigenvalue weighted by molar-refractivity contribution is -0.126. The van der Waals surface area contributed by atoms with Gasteiger partial charge in [-0.2, -0.15) is 5.10 Å². The Morgan fingerprint density at radius 2 is 2.29 bits per heavy atom. The van der Waals surface area contributed by atoms with E-state index in [1.807, 2.05) is 16.9 Å². The minimum absolute atomic E-state index is 0.187. The molecule has 4 rings (SSSR count). The van der Waals surface area contributed by atoms with Gasteiger partial charge in [-0.05, 0) is 24.3 Å². The first-order chi connectivity index (χ1) is 11.8. The van der Waals surface area contributed by atoms with Crippen LogP contribution in [0.15, 0.2) is 23.7 Å². The molecule has 0 atom stereocenters. The Kier molecular flexibility index (Phi) is 4.41. The number of amides is 1. The molecular formula is C18H23N3O2S. The monoisotopic (exact) mass is 345 g/mol. The van der Waals surface area contributed by atoms with Crippen LogP contribution >= 0.6 is 11.3 Å². The summed E-state index contributed by atoms with van der Waals surface area (Å²) in [5, 5.41) is 9.69. The van der Waals surface area contributed by atoms with Gasteiger partial charge < -0.3 is 10.1 Å². The van der Waals surface area contributed by atoms with E-state index in [9.17, 15) is 4.79 Å². The van der Waals surface area contributed by atoms with Gasteiger partial charge in [0.1, 0.15) is 0 Å². The summed E-state index contributed by atoms with van der Waals surface area (Å²) < 4.78 is 7.47. The van der Waals surface area contributed by atoms with E-state index in [2.05, 4.69) is 21.9 Å². The molecular weight excluding hydrogens is 322 g/mol. The summed E-state index contributed by atoms with van der Waals surface area (Å²) >= 11 is 1.70. The van der Waals surface area contributed by atoms with Crippen molar-refractivity contribution in [2.75, 3.05) is 13.2 Å². The average Bonchev–Trinajstić information content (AvgIpc) is 3.35. The van der Waals surface area contributed by atoms with E-state index in [1.165, 1.54) is 16.1 Å². The first-order valence-corrected chi connectivity index (χ1v) is 9.61. The van der Waals surface area contributed by atoms with E-state index in [-0.39, 0.29) is 11.3 Å². The molecule has 1 N–H and O–H groups in total. The number of hydrogen-bond acceptors (Lipinski definition) is 4. The molecule has 2 aromatic heterocycles. The van der Waals surface area contributed by atoms with E-state index in [4.69, 9.17) is 4.74 Å². The van der Waals surface area contributed by atoms with Crippen LogP contribution in [0.5, 0.6) is 0 Å². The predicted molar refractivity (Wildman–Crippen MR) is 93.1 cm³/mol. The summed E-state index contributed by atoms with van der Waals surface area (Å²) in [5.41, 5.74) is 2.13. The topological polar surface area (TPSA) is 56.2 Å². The molecule has 0 spiro atoms. The second kappa shape index (κ2) is 6.69. The molecule has 6 heteroatoms. The molecule has 0 unspecified atom stereocenters. The van der Waals surface area contributed by atoms with Crippen LogP contribution in [0.2, 0.25) is 0 Å². The zero-order chi connectivity index (χ0) is 16.4. The summed E-state index contributed by atoms with van der Waals surface area (Å²) in [5.74, 6) is 0.187. The van der Waals surface area contributed by atoms with E-state index in [0.29, 0.717) is 13.2 Å². The van der Waals surface area contributed by atoms with Gasteiger partial charge in [0.05, 0.1) is 31.4 Å². The molecule has 1 saturated carbocycles. The molecule has 0 radical (unpaired) electrons. The summed E-state index contributed by atoms with van der Waals surface area (Å²) in [7, 11) is 0. The van der Waals surface area contributed by atoms with Gasteiger partial charge in [-0.25, -0.2) is 0 Å². The SMILES string of the molecule is O=C(NCCn1ncc2c1CCOC2)C1(c2cccs2)CCCC1. The fourth-order valence-corrected chi connectivity index (χ4v) is 4.95. The molecule has 24 heavy (non-hydrogen) atoms. The number of nitrogens with one attached hydrogen (secondary N) is 1. The lowest BCUT2D eigenvalue weighted by Crippen LogP contribution is -2.43. The van der Waals surface area contributed by atoms with Crippen LogP contribution < -0.4 is 5.32 Å². The Labute approximate surface area is 146 Å². The molecule has 2 aromatic rings. The highest BCUT2D eigenvalue weighted by Gasteiger charge is 2.43. The van der Waals surface area contributed by atoms with Crippen LogP contribution in [0.4, 0.5) is 0 Å². The molecule has 0 aromatic carbocycles. The van der Waals surface area contributed by atoms with Gasteiger partial charge in [0, 0.05) is 29.1 Å². The molecule has 128 valence electrons. The van der Waals surface area contributed by atoms with Crippen molar-refractivity contribution in [1.29, 1.82) is 0 Å². The molecule has 2 aliphatic rings. The van der Waals surface area contributed by atoms with Crippen molar-refractivity contribution in [2.45, 2.75) is 50.7 Å². The zero-order valence-corrected chi connectivity index (χ0v) is 14.6. The number of fused-ring (bicyclic) bond motifs is 1. The normalized spacial score (nSPS) is 19.2. The Bertz CT molecular complexity index is 702. The van der Waals surface area contributed by atoms with E-state index in [1.54, 1.807) is 11.3 Å². The van der Waals surface area contributed by atoms with E-state index < -0.39 is 0 Å². The Hall–Kier alpha value is -1.66. The predicted octanol–water partition coefficient (Wildman–Crippen LogP) is 2.65. The van der Waals surface area contributed by atoms with Gasteiger partial charge in [-0.1, -0.05) is 18.9 Å². The minimum Gasteiger partial charge on any atom is -0.376 e. The fraction of sp³-hybridized carbons (Fsp3) is 0.556. The second-order valence-electron chi connectivity index (χ2n) is 6.66. The highest BCUT2D eigenvalue weighted by Crippen LogP contribution is 2.43. The lowest BCUT2D eigenvalue weighted by atomic mass is 9.83. The van der Waals surface area contributed by atoms with Gasteiger partial charge >= 0.3 is 0 Å². The van der Waals surface area contributed by atoms with Gasteiger partial charge in [-0.3, -0.25) is 9.48 Å². The average molecular weight is 345 g/mol. The van der Waals surface area contributed by atoms with Gasteiger partial charge in [0.25, 0.3) is 0 Å². The van der Waals surface area contributed by atoms with Crippen LogP contribution in [-0.4, -0.2) is 28.8 Å². The Balaban J connectivity index is 1.40. The number of rotatable bonds is 5. The maximum absolute atomic E-state index is 12.9. The minimum atomic E-state index is -0.300. The summed E-state index contributed by atoms with van der Waals surface area (Å²) in [6.07, 6.45) is 7.00. The Morgan fingerprint density at radius 3 is 3.08 bits per heavy atom. The molecule has 0 bridgehead atoms. The van der Waals surface area contributed by atoms with Gasteiger partial charge in [0.15, 0.2) is 0 Å². The first-order valence-electron chi connectivity index (χ1n) is 8.73.